The van der Waals surface area contributed by atoms with Crippen LogP contribution < -0.4 is 10.1 Å². The Morgan fingerprint density at radius 1 is 0.926 bits per heavy atom. The number of benzene rings is 3. The minimum absolute atomic E-state index is 0.235. The Morgan fingerprint density at radius 3 is 2.26 bits per heavy atom. The number of para-hydroxylation sites is 1. The first kappa shape index (κ1) is 18.5. The maximum absolute atomic E-state index is 12.5. The van der Waals surface area contributed by atoms with Crippen molar-refractivity contribution in [2.24, 2.45) is 0 Å². The molecule has 0 heterocycles. The number of nitrogens with one attached hydrogen (secondary N) is 1. The summed E-state index contributed by atoms with van der Waals surface area (Å²) in [6.07, 6.45) is 0. The summed E-state index contributed by atoms with van der Waals surface area (Å²) < 4.78 is 11.4. The van der Waals surface area contributed by atoms with Gasteiger partial charge in [-0.3, -0.25) is 0 Å². The van der Waals surface area contributed by atoms with Gasteiger partial charge in [0.25, 0.3) is 0 Å². The zero-order valence-electron chi connectivity index (χ0n) is 15.5. The fourth-order valence-electron chi connectivity index (χ4n) is 2.59. The molecule has 27 heavy (non-hydrogen) atoms. The highest BCUT2D eigenvalue weighted by molar-refractivity contribution is 5.91. The van der Waals surface area contributed by atoms with Crippen LogP contribution in [0.4, 0.5) is 5.69 Å². The topological polar surface area (TPSA) is 47.6 Å². The Bertz CT molecular complexity index is 877. The number of anilines is 1. The molecule has 0 aromatic heterocycles. The number of esters is 1. The third-order valence-corrected chi connectivity index (χ3v) is 3.85. The Hall–Kier alpha value is -3.27. The van der Waals surface area contributed by atoms with Gasteiger partial charge in [-0.05, 0) is 49.7 Å². The molecule has 0 saturated heterocycles. The highest BCUT2D eigenvalue weighted by Gasteiger charge is 2.13. The maximum Gasteiger partial charge on any atom is 0.338 e. The summed E-state index contributed by atoms with van der Waals surface area (Å²) >= 11 is 0. The van der Waals surface area contributed by atoms with E-state index in [1.165, 1.54) is 0 Å². The molecular formula is C23H23NO3. The van der Waals surface area contributed by atoms with E-state index in [1.54, 1.807) is 12.1 Å². The molecule has 0 bridgehead atoms. The van der Waals surface area contributed by atoms with E-state index in [0.29, 0.717) is 17.1 Å². The molecule has 0 aliphatic heterocycles. The summed E-state index contributed by atoms with van der Waals surface area (Å²) in [5, 5.41) is 3.34. The van der Waals surface area contributed by atoms with Crippen molar-refractivity contribution in [1.29, 1.82) is 0 Å². The zero-order chi connectivity index (χ0) is 19.1. The van der Waals surface area contributed by atoms with Gasteiger partial charge in [-0.1, -0.05) is 48.5 Å². The number of carbonyl (C=O) groups excluding carboxylic acids is 1. The number of carbonyl (C=O) groups is 1. The van der Waals surface area contributed by atoms with E-state index in [-0.39, 0.29) is 18.6 Å². The molecule has 3 rings (SSSR count). The molecule has 4 heteroatoms. The van der Waals surface area contributed by atoms with E-state index in [4.69, 9.17) is 9.47 Å². The molecule has 0 unspecified atom stereocenters. The molecule has 0 amide bonds. The van der Waals surface area contributed by atoms with Crippen LogP contribution in [-0.4, -0.2) is 12.0 Å². The van der Waals surface area contributed by atoms with Gasteiger partial charge in [0.15, 0.2) is 5.75 Å². The summed E-state index contributed by atoms with van der Waals surface area (Å²) in [4.78, 5) is 12.5. The van der Waals surface area contributed by atoms with Crippen LogP contribution in [0.25, 0.3) is 0 Å². The molecule has 3 aromatic rings. The Balaban J connectivity index is 1.79. The van der Waals surface area contributed by atoms with Gasteiger partial charge in [0.05, 0.1) is 11.3 Å². The number of ether oxygens (including phenoxy) is 2. The standard InChI is InChI=1S/C23H23NO3/c1-17(2)24-21-14-13-19(15-22(21)27-20-11-7-4-8-12-20)23(25)26-16-18-9-5-3-6-10-18/h3-15,17,24H,16H2,1-2H3. The Labute approximate surface area is 159 Å². The van der Waals surface area contributed by atoms with Crippen LogP contribution in [0.2, 0.25) is 0 Å². The van der Waals surface area contributed by atoms with Crippen molar-refractivity contribution in [2.75, 3.05) is 5.32 Å². The third kappa shape index (κ3) is 5.35. The quantitative estimate of drug-likeness (QED) is 0.552. The summed E-state index contributed by atoms with van der Waals surface area (Å²) in [7, 11) is 0. The van der Waals surface area contributed by atoms with Crippen molar-refractivity contribution in [2.45, 2.75) is 26.5 Å². The van der Waals surface area contributed by atoms with Crippen LogP contribution in [0.5, 0.6) is 11.5 Å². The van der Waals surface area contributed by atoms with Crippen molar-refractivity contribution >= 4 is 11.7 Å². The highest BCUT2D eigenvalue weighted by Crippen LogP contribution is 2.31. The molecule has 0 radical (unpaired) electrons. The van der Waals surface area contributed by atoms with Crippen LogP contribution in [0.3, 0.4) is 0 Å². The highest BCUT2D eigenvalue weighted by atomic mass is 16.5. The van der Waals surface area contributed by atoms with Gasteiger partial charge in [0.2, 0.25) is 0 Å². The monoisotopic (exact) mass is 361 g/mol. The first-order chi connectivity index (χ1) is 13.1. The van der Waals surface area contributed by atoms with Crippen molar-refractivity contribution < 1.29 is 14.3 Å². The summed E-state index contributed by atoms with van der Waals surface area (Å²) in [5.41, 5.74) is 2.23. The predicted octanol–water partition coefficient (Wildman–Crippen LogP) is 5.66. The largest absolute Gasteiger partial charge is 0.457 e. The molecule has 0 aliphatic carbocycles. The van der Waals surface area contributed by atoms with Crippen LogP contribution in [0, 0.1) is 0 Å². The van der Waals surface area contributed by atoms with Gasteiger partial charge >= 0.3 is 5.97 Å². The molecule has 1 N–H and O–H groups in total. The predicted molar refractivity (Wildman–Crippen MR) is 107 cm³/mol. The number of rotatable bonds is 7. The lowest BCUT2D eigenvalue weighted by Gasteiger charge is -2.16. The number of hydrogen-bond acceptors (Lipinski definition) is 4. The van der Waals surface area contributed by atoms with E-state index < -0.39 is 0 Å². The van der Waals surface area contributed by atoms with E-state index in [0.717, 1.165) is 11.3 Å². The van der Waals surface area contributed by atoms with Gasteiger partial charge in [-0.2, -0.15) is 0 Å². The first-order valence-electron chi connectivity index (χ1n) is 8.96. The molecule has 3 aromatic carbocycles. The lowest BCUT2D eigenvalue weighted by molar-refractivity contribution is 0.0472. The maximum atomic E-state index is 12.5. The number of hydrogen-bond donors (Lipinski definition) is 1. The van der Waals surface area contributed by atoms with E-state index >= 15 is 0 Å². The van der Waals surface area contributed by atoms with E-state index in [9.17, 15) is 4.79 Å². The van der Waals surface area contributed by atoms with Crippen LogP contribution in [0.1, 0.15) is 29.8 Å². The lowest BCUT2D eigenvalue weighted by atomic mass is 10.1. The minimum atomic E-state index is -0.382. The Morgan fingerprint density at radius 2 is 1.59 bits per heavy atom. The smallest absolute Gasteiger partial charge is 0.338 e. The fourth-order valence-corrected chi connectivity index (χ4v) is 2.59. The second-order valence-electron chi connectivity index (χ2n) is 6.49. The van der Waals surface area contributed by atoms with Gasteiger partial charge in [-0.25, -0.2) is 4.79 Å². The minimum Gasteiger partial charge on any atom is -0.457 e. The van der Waals surface area contributed by atoms with Crippen LogP contribution in [0.15, 0.2) is 78.9 Å². The molecule has 0 atom stereocenters. The second kappa shape index (κ2) is 8.90. The molecule has 0 spiro atoms. The van der Waals surface area contributed by atoms with Crippen molar-refractivity contribution in [3.05, 3.63) is 90.0 Å². The molecule has 0 aliphatic rings. The summed E-state index contributed by atoms with van der Waals surface area (Å²) in [5.74, 6) is 0.913. The molecule has 0 fully saturated rings. The van der Waals surface area contributed by atoms with Crippen molar-refractivity contribution in [1.82, 2.24) is 0 Å². The van der Waals surface area contributed by atoms with Gasteiger partial charge in [-0.15, -0.1) is 0 Å². The van der Waals surface area contributed by atoms with Gasteiger partial charge in [0.1, 0.15) is 12.4 Å². The lowest BCUT2D eigenvalue weighted by Crippen LogP contribution is -2.11. The van der Waals surface area contributed by atoms with E-state index in [2.05, 4.69) is 5.32 Å². The molecular weight excluding hydrogens is 338 g/mol. The van der Waals surface area contributed by atoms with E-state index in [1.807, 2.05) is 80.6 Å². The van der Waals surface area contributed by atoms with Crippen molar-refractivity contribution in [3.8, 4) is 11.5 Å². The van der Waals surface area contributed by atoms with Gasteiger partial charge in [0, 0.05) is 6.04 Å². The Kier molecular flexibility index (Phi) is 6.10. The van der Waals surface area contributed by atoms with Crippen molar-refractivity contribution in [3.63, 3.8) is 0 Å². The third-order valence-electron chi connectivity index (χ3n) is 3.85. The van der Waals surface area contributed by atoms with Crippen LogP contribution in [-0.2, 0) is 11.3 Å². The average Bonchev–Trinajstić information content (AvgIpc) is 2.68. The second-order valence-corrected chi connectivity index (χ2v) is 6.49. The molecule has 4 nitrogen and oxygen atoms in total. The normalized spacial score (nSPS) is 10.5. The summed E-state index contributed by atoms with van der Waals surface area (Å²) in [6, 6.07) is 24.6. The van der Waals surface area contributed by atoms with Gasteiger partial charge < -0.3 is 14.8 Å². The molecule has 138 valence electrons. The average molecular weight is 361 g/mol. The SMILES string of the molecule is CC(C)Nc1ccc(C(=O)OCc2ccccc2)cc1Oc1ccccc1. The fraction of sp³-hybridized carbons (Fsp3) is 0.174. The van der Waals surface area contributed by atoms with Crippen LogP contribution >= 0.6 is 0 Å². The zero-order valence-corrected chi connectivity index (χ0v) is 15.5. The first-order valence-corrected chi connectivity index (χ1v) is 8.96. The molecule has 0 saturated carbocycles. The summed E-state index contributed by atoms with van der Waals surface area (Å²) in [6.45, 7) is 4.34.